The Hall–Kier alpha value is -2.51. The maximum atomic E-state index is 5.58. The third-order valence-corrected chi connectivity index (χ3v) is 4.69. The average Bonchev–Trinajstić information content (AvgIpc) is 3.29. The molecule has 0 spiro atoms. The summed E-state index contributed by atoms with van der Waals surface area (Å²) >= 11 is 0. The van der Waals surface area contributed by atoms with E-state index in [9.17, 15) is 0 Å². The number of rotatable bonds is 4. The Morgan fingerprint density at radius 2 is 2.12 bits per heavy atom. The lowest BCUT2D eigenvalue weighted by Crippen LogP contribution is -2.44. The molecule has 0 aliphatic carbocycles. The number of para-hydroxylation sites is 1. The first-order chi connectivity index (χ1) is 12.3. The molecule has 7 heteroatoms. The van der Waals surface area contributed by atoms with Crippen LogP contribution in [0.1, 0.15) is 24.5 Å². The lowest BCUT2D eigenvalue weighted by atomic mass is 10.2. The van der Waals surface area contributed by atoms with Gasteiger partial charge in [-0.1, -0.05) is 30.3 Å². The Labute approximate surface area is 146 Å². The third-order valence-electron chi connectivity index (χ3n) is 4.69. The second kappa shape index (κ2) is 6.78. The Balaban J connectivity index is 1.68. The van der Waals surface area contributed by atoms with Crippen LogP contribution in [0.3, 0.4) is 0 Å². The molecule has 3 aromatic rings. The van der Waals surface area contributed by atoms with Gasteiger partial charge in [0.2, 0.25) is 0 Å². The van der Waals surface area contributed by atoms with Gasteiger partial charge in [0.05, 0.1) is 29.2 Å². The topological polar surface area (TPSA) is 72.0 Å². The summed E-state index contributed by atoms with van der Waals surface area (Å²) in [6.45, 7) is 4.90. The quantitative estimate of drug-likeness (QED) is 0.785. The summed E-state index contributed by atoms with van der Waals surface area (Å²) in [5.74, 6) is 1.26. The molecule has 3 heterocycles. The zero-order valence-corrected chi connectivity index (χ0v) is 14.5. The van der Waals surface area contributed by atoms with Gasteiger partial charge in [0.25, 0.3) is 5.89 Å². The monoisotopic (exact) mass is 338 g/mol. The van der Waals surface area contributed by atoms with Gasteiger partial charge in [0, 0.05) is 19.6 Å². The van der Waals surface area contributed by atoms with E-state index in [4.69, 9.17) is 4.52 Å². The summed E-state index contributed by atoms with van der Waals surface area (Å²) in [5, 5.41) is 12.1. The van der Waals surface area contributed by atoms with Crippen LogP contribution >= 0.6 is 0 Å². The maximum Gasteiger partial charge on any atom is 0.261 e. The van der Waals surface area contributed by atoms with Crippen molar-refractivity contribution in [2.75, 3.05) is 26.7 Å². The van der Waals surface area contributed by atoms with Gasteiger partial charge in [-0.3, -0.25) is 4.90 Å². The Kier molecular flexibility index (Phi) is 4.33. The molecule has 1 N–H and O–H groups in total. The SMILES string of the molecule is CCc1c(-c2nc(C3CNCCN3C)no2)cnn1-c1ccccc1. The average molecular weight is 338 g/mol. The second-order valence-corrected chi connectivity index (χ2v) is 6.26. The molecule has 7 nitrogen and oxygen atoms in total. The molecule has 1 atom stereocenters. The molecule has 1 aromatic carbocycles. The zero-order chi connectivity index (χ0) is 17.2. The first-order valence-corrected chi connectivity index (χ1v) is 8.65. The van der Waals surface area contributed by atoms with E-state index in [0.717, 1.165) is 48.8 Å². The molecule has 25 heavy (non-hydrogen) atoms. The zero-order valence-electron chi connectivity index (χ0n) is 14.5. The van der Waals surface area contributed by atoms with Crippen molar-refractivity contribution in [3.63, 3.8) is 0 Å². The number of nitrogens with one attached hydrogen (secondary N) is 1. The molecule has 4 rings (SSSR count). The van der Waals surface area contributed by atoms with Crippen molar-refractivity contribution < 1.29 is 4.52 Å². The molecule has 1 aliphatic rings. The predicted octanol–water partition coefficient (Wildman–Crippen LogP) is 2.06. The molecule has 0 radical (unpaired) electrons. The number of hydrogen-bond donors (Lipinski definition) is 1. The van der Waals surface area contributed by atoms with Crippen LogP contribution < -0.4 is 5.32 Å². The number of hydrogen-bond acceptors (Lipinski definition) is 6. The molecule has 0 saturated carbocycles. The van der Waals surface area contributed by atoms with Gasteiger partial charge in [-0.15, -0.1) is 0 Å². The van der Waals surface area contributed by atoms with Crippen LogP contribution in [-0.4, -0.2) is 51.5 Å². The van der Waals surface area contributed by atoms with Gasteiger partial charge in [-0.2, -0.15) is 10.1 Å². The van der Waals surface area contributed by atoms with Crippen LogP contribution in [0.2, 0.25) is 0 Å². The van der Waals surface area contributed by atoms with Gasteiger partial charge in [-0.05, 0) is 25.6 Å². The fraction of sp³-hybridized carbons (Fsp3) is 0.389. The van der Waals surface area contributed by atoms with Crippen LogP contribution in [-0.2, 0) is 6.42 Å². The van der Waals surface area contributed by atoms with E-state index in [1.165, 1.54) is 0 Å². The van der Waals surface area contributed by atoms with E-state index in [0.29, 0.717) is 5.89 Å². The van der Waals surface area contributed by atoms with Crippen molar-refractivity contribution in [3.8, 4) is 17.1 Å². The van der Waals surface area contributed by atoms with Gasteiger partial charge in [0.1, 0.15) is 0 Å². The standard InChI is InChI=1S/C18H22N6O/c1-3-15-14(11-20-24(15)13-7-5-4-6-8-13)18-21-17(22-25-18)16-12-19-9-10-23(16)2/h4-8,11,16,19H,3,9-10,12H2,1-2H3. The van der Waals surface area contributed by atoms with Crippen molar-refractivity contribution >= 4 is 0 Å². The molecule has 1 aliphatic heterocycles. The lowest BCUT2D eigenvalue weighted by molar-refractivity contribution is 0.190. The number of aromatic nitrogens is 4. The van der Waals surface area contributed by atoms with Crippen LogP contribution in [0.4, 0.5) is 0 Å². The number of likely N-dealkylation sites (N-methyl/N-ethyl adjacent to an activating group) is 1. The number of nitrogens with zero attached hydrogens (tertiary/aromatic N) is 5. The van der Waals surface area contributed by atoms with Gasteiger partial charge < -0.3 is 9.84 Å². The Morgan fingerprint density at radius 1 is 1.28 bits per heavy atom. The Bertz CT molecular complexity index is 840. The minimum atomic E-state index is 0.139. The molecule has 2 aromatic heterocycles. The highest BCUT2D eigenvalue weighted by molar-refractivity contribution is 5.57. The highest BCUT2D eigenvalue weighted by Gasteiger charge is 2.26. The third kappa shape index (κ3) is 2.96. The molecule has 0 bridgehead atoms. The smallest absolute Gasteiger partial charge is 0.261 e. The van der Waals surface area contributed by atoms with Crippen molar-refractivity contribution in [1.29, 1.82) is 0 Å². The summed E-state index contributed by atoms with van der Waals surface area (Å²) in [4.78, 5) is 6.91. The summed E-state index contributed by atoms with van der Waals surface area (Å²) in [6, 6.07) is 10.2. The normalized spacial score (nSPS) is 18.6. The predicted molar refractivity (Wildman–Crippen MR) is 94.5 cm³/mol. The van der Waals surface area contributed by atoms with Crippen LogP contribution in [0, 0.1) is 0 Å². The van der Waals surface area contributed by atoms with Crippen molar-refractivity contribution in [2.45, 2.75) is 19.4 Å². The molecule has 1 unspecified atom stereocenters. The second-order valence-electron chi connectivity index (χ2n) is 6.26. The minimum absolute atomic E-state index is 0.139. The first kappa shape index (κ1) is 16.0. The Morgan fingerprint density at radius 3 is 2.88 bits per heavy atom. The van der Waals surface area contributed by atoms with Crippen molar-refractivity contribution in [1.82, 2.24) is 30.1 Å². The molecule has 1 fully saturated rings. The number of piperazine rings is 1. The van der Waals surface area contributed by atoms with Crippen LogP contribution in [0.5, 0.6) is 0 Å². The molecular weight excluding hydrogens is 316 g/mol. The molecule has 0 amide bonds. The molecule has 130 valence electrons. The first-order valence-electron chi connectivity index (χ1n) is 8.65. The largest absolute Gasteiger partial charge is 0.334 e. The van der Waals surface area contributed by atoms with Crippen molar-refractivity contribution in [3.05, 3.63) is 48.0 Å². The fourth-order valence-corrected chi connectivity index (χ4v) is 3.26. The summed E-state index contributed by atoms with van der Waals surface area (Å²) in [5.41, 5.74) is 3.00. The highest BCUT2D eigenvalue weighted by atomic mass is 16.5. The van der Waals surface area contributed by atoms with E-state index in [-0.39, 0.29) is 6.04 Å². The van der Waals surface area contributed by atoms with Gasteiger partial charge in [0.15, 0.2) is 5.82 Å². The minimum Gasteiger partial charge on any atom is -0.334 e. The summed E-state index contributed by atoms with van der Waals surface area (Å²) in [7, 11) is 2.09. The van der Waals surface area contributed by atoms with E-state index >= 15 is 0 Å². The van der Waals surface area contributed by atoms with E-state index in [1.807, 2.05) is 41.2 Å². The van der Waals surface area contributed by atoms with Gasteiger partial charge in [-0.25, -0.2) is 4.68 Å². The maximum absolute atomic E-state index is 5.58. The molecular formula is C18H22N6O. The van der Waals surface area contributed by atoms with Crippen molar-refractivity contribution in [2.24, 2.45) is 0 Å². The van der Waals surface area contributed by atoms with E-state index in [1.54, 1.807) is 0 Å². The van der Waals surface area contributed by atoms with Crippen LogP contribution in [0.15, 0.2) is 41.1 Å². The fourth-order valence-electron chi connectivity index (χ4n) is 3.26. The number of benzene rings is 1. The van der Waals surface area contributed by atoms with E-state index < -0.39 is 0 Å². The summed E-state index contributed by atoms with van der Waals surface area (Å²) in [6.07, 6.45) is 2.64. The molecule has 1 saturated heterocycles. The van der Waals surface area contributed by atoms with Gasteiger partial charge >= 0.3 is 0 Å². The van der Waals surface area contributed by atoms with E-state index in [2.05, 4.69) is 39.4 Å². The summed E-state index contributed by atoms with van der Waals surface area (Å²) < 4.78 is 7.51. The lowest BCUT2D eigenvalue weighted by Gasteiger charge is -2.30. The highest BCUT2D eigenvalue weighted by Crippen LogP contribution is 2.27. The van der Waals surface area contributed by atoms with Crippen LogP contribution in [0.25, 0.3) is 17.1 Å².